The third-order valence-corrected chi connectivity index (χ3v) is 7.61. The highest BCUT2D eigenvalue weighted by Crippen LogP contribution is 2.35. The number of hydrogen-bond acceptors (Lipinski definition) is 6. The first-order valence-electron chi connectivity index (χ1n) is 13.5. The molecule has 1 atom stereocenters. The van der Waals surface area contributed by atoms with E-state index in [1.54, 1.807) is 38.3 Å². The zero-order valence-corrected chi connectivity index (χ0v) is 26.4. The molecular formula is C28H40F3N5O6Si. The molecule has 0 saturated heterocycles. The fourth-order valence-electron chi connectivity index (χ4n) is 3.87. The van der Waals surface area contributed by atoms with E-state index in [1.807, 2.05) is 5.32 Å². The molecule has 238 valence electrons. The number of carbonyl (C=O) groups is 3. The molecule has 0 saturated carbocycles. The van der Waals surface area contributed by atoms with Gasteiger partial charge in [-0.05, 0) is 58.4 Å². The van der Waals surface area contributed by atoms with Crippen molar-refractivity contribution in [2.45, 2.75) is 84.4 Å². The minimum absolute atomic E-state index is 0.0190. The standard InChI is InChI=1S/C28H40F3N5O6Si/c1-9-10-20(34-26(40)42-27(3,4)5)23-35-22(17(2)36(23)16-41-13-14-43(6,7)8)19-12-11-18(32-25(38)39)15-21(19)33-24(37)28(29,30)31/h9,11-12,15,20,32H,1,10,13-14,16H2,2-8H3,(H,33,37)(H,34,40)(H,38,39)/t20-/m0/s1. The van der Waals surface area contributed by atoms with Crippen molar-refractivity contribution in [1.82, 2.24) is 14.9 Å². The number of nitrogens with one attached hydrogen (secondary N) is 3. The van der Waals surface area contributed by atoms with Gasteiger partial charge in [-0.1, -0.05) is 25.7 Å². The maximum absolute atomic E-state index is 13.2. The van der Waals surface area contributed by atoms with Gasteiger partial charge >= 0.3 is 24.3 Å². The number of imidazole rings is 1. The lowest BCUT2D eigenvalue weighted by Crippen LogP contribution is -2.36. The van der Waals surface area contributed by atoms with Crippen LogP contribution in [0, 0.1) is 6.92 Å². The quantitative estimate of drug-likeness (QED) is 0.114. The summed E-state index contributed by atoms with van der Waals surface area (Å²) < 4.78 is 52.7. The van der Waals surface area contributed by atoms with Gasteiger partial charge in [0.05, 0.1) is 17.4 Å². The molecule has 3 amide bonds. The maximum atomic E-state index is 13.2. The van der Waals surface area contributed by atoms with E-state index in [0.717, 1.165) is 12.1 Å². The van der Waals surface area contributed by atoms with Crippen LogP contribution in [0.2, 0.25) is 25.7 Å². The first kappa shape index (κ1) is 35.3. The van der Waals surface area contributed by atoms with Crippen molar-refractivity contribution in [3.63, 3.8) is 0 Å². The molecule has 1 aromatic carbocycles. The Bertz CT molecular complexity index is 1330. The molecule has 1 aromatic heterocycles. The molecule has 0 aliphatic carbocycles. The van der Waals surface area contributed by atoms with Crippen molar-refractivity contribution in [2.75, 3.05) is 17.2 Å². The number of nitrogens with zero attached hydrogens (tertiary/aromatic N) is 2. The van der Waals surface area contributed by atoms with Crippen LogP contribution in [0.1, 0.15) is 44.8 Å². The number of ether oxygens (including phenoxy) is 2. The van der Waals surface area contributed by atoms with Crippen LogP contribution in [0.5, 0.6) is 0 Å². The van der Waals surface area contributed by atoms with Crippen molar-refractivity contribution in [2.24, 2.45) is 0 Å². The first-order valence-corrected chi connectivity index (χ1v) is 17.2. The van der Waals surface area contributed by atoms with Crippen LogP contribution in [0.25, 0.3) is 11.3 Å². The second-order valence-electron chi connectivity index (χ2n) is 12.0. The van der Waals surface area contributed by atoms with Gasteiger partial charge in [-0.2, -0.15) is 13.2 Å². The van der Waals surface area contributed by atoms with Crippen LogP contribution in [0.4, 0.5) is 34.1 Å². The molecule has 0 radical (unpaired) electrons. The fourth-order valence-corrected chi connectivity index (χ4v) is 4.62. The number of amides is 3. The smallest absolute Gasteiger partial charge is 0.465 e. The lowest BCUT2D eigenvalue weighted by molar-refractivity contribution is -0.167. The molecule has 0 bridgehead atoms. The zero-order valence-electron chi connectivity index (χ0n) is 25.4. The lowest BCUT2D eigenvalue weighted by Gasteiger charge is -2.24. The summed E-state index contributed by atoms with van der Waals surface area (Å²) >= 11 is 0. The summed E-state index contributed by atoms with van der Waals surface area (Å²) in [6.45, 7) is 17.7. The van der Waals surface area contributed by atoms with E-state index >= 15 is 0 Å². The Morgan fingerprint density at radius 2 is 1.81 bits per heavy atom. The van der Waals surface area contributed by atoms with Gasteiger partial charge < -0.3 is 29.8 Å². The van der Waals surface area contributed by atoms with E-state index in [-0.39, 0.29) is 35.8 Å². The summed E-state index contributed by atoms with van der Waals surface area (Å²) in [6, 6.07) is 3.85. The van der Waals surface area contributed by atoms with E-state index < -0.39 is 44.0 Å². The Labute approximate surface area is 249 Å². The molecule has 11 nitrogen and oxygen atoms in total. The molecular weight excluding hydrogens is 587 g/mol. The van der Waals surface area contributed by atoms with Gasteiger partial charge in [-0.15, -0.1) is 6.58 Å². The predicted molar refractivity (Wildman–Crippen MR) is 160 cm³/mol. The van der Waals surface area contributed by atoms with Crippen LogP contribution in [-0.2, 0) is 21.0 Å². The third kappa shape index (κ3) is 11.1. The van der Waals surface area contributed by atoms with Crippen molar-refractivity contribution in [1.29, 1.82) is 0 Å². The largest absolute Gasteiger partial charge is 0.471 e. The highest BCUT2D eigenvalue weighted by Gasteiger charge is 2.39. The average Bonchev–Trinajstić information content (AvgIpc) is 3.14. The van der Waals surface area contributed by atoms with E-state index in [1.165, 1.54) is 12.1 Å². The number of aromatic nitrogens is 2. The molecule has 43 heavy (non-hydrogen) atoms. The number of carbonyl (C=O) groups excluding carboxylic acids is 2. The minimum Gasteiger partial charge on any atom is -0.465 e. The molecule has 0 unspecified atom stereocenters. The molecule has 15 heteroatoms. The Morgan fingerprint density at radius 1 is 1.16 bits per heavy atom. The summed E-state index contributed by atoms with van der Waals surface area (Å²) in [4.78, 5) is 40.5. The number of hydrogen-bond donors (Lipinski definition) is 4. The summed E-state index contributed by atoms with van der Waals surface area (Å²) in [6.07, 6.45) is -5.56. The van der Waals surface area contributed by atoms with Gasteiger partial charge in [-0.25, -0.2) is 14.6 Å². The van der Waals surface area contributed by atoms with Gasteiger partial charge in [0.25, 0.3) is 0 Å². The van der Waals surface area contributed by atoms with Crippen LogP contribution in [0.3, 0.4) is 0 Å². The number of halogens is 3. The Morgan fingerprint density at radius 3 is 2.35 bits per heavy atom. The number of carboxylic acid groups (broad SMARTS) is 1. The van der Waals surface area contributed by atoms with Crippen molar-refractivity contribution < 1.29 is 42.1 Å². The molecule has 2 rings (SSSR count). The molecule has 2 aromatic rings. The first-order chi connectivity index (χ1) is 19.7. The van der Waals surface area contributed by atoms with Gasteiger partial charge in [-0.3, -0.25) is 10.1 Å². The monoisotopic (exact) mass is 627 g/mol. The van der Waals surface area contributed by atoms with E-state index in [4.69, 9.17) is 19.6 Å². The number of anilines is 2. The molecule has 0 fully saturated rings. The molecule has 0 aliphatic heterocycles. The SMILES string of the molecule is C=CC[C@H](NC(=O)OC(C)(C)C)c1nc(-c2ccc(NC(=O)O)cc2NC(=O)C(F)(F)F)c(C)n1COCC[Si](C)(C)C. The highest BCUT2D eigenvalue weighted by atomic mass is 28.3. The summed E-state index contributed by atoms with van der Waals surface area (Å²) in [5.74, 6) is -1.93. The second kappa shape index (κ2) is 14.1. The Kier molecular flexibility index (Phi) is 11.6. The third-order valence-electron chi connectivity index (χ3n) is 5.90. The van der Waals surface area contributed by atoms with E-state index in [2.05, 4.69) is 36.9 Å². The van der Waals surface area contributed by atoms with Crippen LogP contribution < -0.4 is 16.0 Å². The van der Waals surface area contributed by atoms with E-state index in [9.17, 15) is 27.6 Å². The number of rotatable bonds is 12. The number of alkyl carbamates (subject to hydrolysis) is 1. The van der Waals surface area contributed by atoms with Crippen molar-refractivity contribution >= 4 is 37.5 Å². The van der Waals surface area contributed by atoms with Crippen LogP contribution >= 0.6 is 0 Å². The lowest BCUT2D eigenvalue weighted by atomic mass is 10.1. The maximum Gasteiger partial charge on any atom is 0.471 e. The van der Waals surface area contributed by atoms with Crippen molar-refractivity contribution in [3.05, 3.63) is 42.4 Å². The predicted octanol–water partition coefficient (Wildman–Crippen LogP) is 6.90. The Balaban J connectivity index is 2.68. The van der Waals surface area contributed by atoms with Crippen LogP contribution in [-0.4, -0.2) is 59.2 Å². The topological polar surface area (TPSA) is 144 Å². The average molecular weight is 628 g/mol. The molecule has 1 heterocycles. The van der Waals surface area contributed by atoms with Crippen molar-refractivity contribution in [3.8, 4) is 11.3 Å². The second-order valence-corrected chi connectivity index (χ2v) is 17.7. The summed E-state index contributed by atoms with van der Waals surface area (Å²) in [5.41, 5.74) is -0.448. The summed E-state index contributed by atoms with van der Waals surface area (Å²) in [7, 11) is -1.42. The number of benzene rings is 1. The van der Waals surface area contributed by atoms with Gasteiger partial charge in [0.1, 0.15) is 18.2 Å². The van der Waals surface area contributed by atoms with E-state index in [0.29, 0.717) is 18.1 Å². The molecule has 0 aliphatic rings. The van der Waals surface area contributed by atoms with Gasteiger partial charge in [0.15, 0.2) is 0 Å². The fraction of sp³-hybridized carbons (Fsp3) is 0.500. The number of alkyl halides is 3. The van der Waals surface area contributed by atoms with Crippen LogP contribution in [0.15, 0.2) is 30.9 Å². The normalized spacial score (nSPS) is 12.8. The Hall–Kier alpha value is -3.85. The summed E-state index contributed by atoms with van der Waals surface area (Å²) in [5, 5.41) is 15.7. The molecule has 4 N–H and O–H groups in total. The molecule has 0 spiro atoms. The zero-order chi connectivity index (χ0) is 32.8. The highest BCUT2D eigenvalue weighted by molar-refractivity contribution is 6.76. The van der Waals surface area contributed by atoms with Gasteiger partial charge in [0, 0.05) is 31.6 Å². The minimum atomic E-state index is -5.20. The van der Waals surface area contributed by atoms with Gasteiger partial charge in [0.2, 0.25) is 0 Å².